The zero-order valence-electron chi connectivity index (χ0n) is 32.7. The van der Waals surface area contributed by atoms with Gasteiger partial charge >= 0.3 is 0 Å². The van der Waals surface area contributed by atoms with Crippen LogP contribution in [-0.4, -0.2) is 16.5 Å². The number of nitrogen functional groups attached to an aromatic ring is 1. The number of allylic oxidation sites excluding steroid dienone is 4. The van der Waals surface area contributed by atoms with Gasteiger partial charge in [-0.05, 0) is 100 Å². The highest BCUT2D eigenvalue weighted by Crippen LogP contribution is 2.43. The Balaban J connectivity index is 0.000000300. The summed E-state index contributed by atoms with van der Waals surface area (Å²) in [5.74, 6) is 1.08. The minimum atomic E-state index is 0.482. The third kappa shape index (κ3) is 7.25. The topological polar surface area (TPSA) is 60.2 Å². The summed E-state index contributed by atoms with van der Waals surface area (Å²) in [5, 5.41) is 6.27. The molecule has 0 bridgehead atoms. The number of benzene rings is 7. The third-order valence-corrected chi connectivity index (χ3v) is 12.2. The molecular weight excluding hydrogens is 693 g/mol. The van der Waals surface area contributed by atoms with E-state index in [0.29, 0.717) is 18.4 Å². The molecule has 282 valence electrons. The monoisotopic (exact) mass is 742 g/mol. The van der Waals surface area contributed by atoms with Crippen molar-refractivity contribution in [2.45, 2.75) is 38.8 Å². The van der Waals surface area contributed by atoms with E-state index in [9.17, 15) is 0 Å². The van der Waals surface area contributed by atoms with Crippen molar-refractivity contribution in [3.63, 3.8) is 0 Å². The molecule has 0 spiro atoms. The van der Waals surface area contributed by atoms with Crippen LogP contribution in [0.25, 0.3) is 43.7 Å². The Morgan fingerprint density at radius 3 is 2.12 bits per heavy atom. The lowest BCUT2D eigenvalue weighted by molar-refractivity contribution is 0.308. The van der Waals surface area contributed by atoms with E-state index in [-0.39, 0.29) is 0 Å². The van der Waals surface area contributed by atoms with E-state index < -0.39 is 0 Å². The van der Waals surface area contributed by atoms with Gasteiger partial charge in [0, 0.05) is 59.2 Å². The number of para-hydroxylation sites is 2. The minimum absolute atomic E-state index is 0.482. The van der Waals surface area contributed by atoms with Gasteiger partial charge in [0.1, 0.15) is 0 Å². The normalized spacial score (nSPS) is 16.4. The zero-order chi connectivity index (χ0) is 38.7. The summed E-state index contributed by atoms with van der Waals surface area (Å²) in [7, 11) is 2.25. The molecule has 4 nitrogen and oxygen atoms in total. The first-order valence-corrected chi connectivity index (χ1v) is 20.3. The van der Waals surface area contributed by atoms with E-state index in [1.165, 1.54) is 78.4 Å². The molecule has 2 aliphatic rings. The first-order valence-electron chi connectivity index (χ1n) is 20.3. The molecule has 0 radical (unpaired) electrons. The van der Waals surface area contributed by atoms with Crippen LogP contribution in [0.15, 0.2) is 182 Å². The highest BCUT2D eigenvalue weighted by atomic mass is 15.1. The van der Waals surface area contributed by atoms with E-state index in [2.05, 4.69) is 180 Å². The maximum atomic E-state index is 6.76. The van der Waals surface area contributed by atoms with Crippen LogP contribution in [-0.2, 0) is 25.9 Å². The smallest absolute Gasteiger partial charge is 0.0534 e. The second-order valence-corrected chi connectivity index (χ2v) is 15.7. The molecule has 57 heavy (non-hydrogen) atoms. The number of hydrogen-bond donors (Lipinski definition) is 2. The predicted octanol–water partition coefficient (Wildman–Crippen LogP) is 11.9. The largest absolute Gasteiger partial charge is 0.398 e. The Morgan fingerprint density at radius 1 is 0.667 bits per heavy atom. The van der Waals surface area contributed by atoms with Crippen LogP contribution in [0.5, 0.6) is 0 Å². The van der Waals surface area contributed by atoms with Gasteiger partial charge in [0.2, 0.25) is 0 Å². The van der Waals surface area contributed by atoms with Crippen LogP contribution in [0.1, 0.15) is 40.8 Å². The number of nitrogens with two attached hydrogens (primary N) is 2. The standard InChI is InChI=1S/C42H39N3.C11H11N/c1-44(28-33-21-20-30-14-8-9-17-36(30)42(33)43)41-27-32(22-24-35(41)29-12-4-2-5-13-29)31-23-25-40-38(26-31)37-18-10-11-19-39(37)45(40)34-15-6-3-7-16-34;12-8-9-5-6-10-3-1-2-4-11(10)7-9/h2-22,24,31-32H,23,25-28,43H2,1H3;1-7H,8,12H2. The van der Waals surface area contributed by atoms with Crippen LogP contribution in [0, 0.1) is 11.8 Å². The van der Waals surface area contributed by atoms with Gasteiger partial charge in [-0.1, -0.05) is 152 Å². The van der Waals surface area contributed by atoms with Crippen LogP contribution >= 0.6 is 0 Å². The summed E-state index contributed by atoms with van der Waals surface area (Å²) in [6.45, 7) is 1.40. The first-order chi connectivity index (χ1) is 28.1. The Morgan fingerprint density at radius 2 is 1.33 bits per heavy atom. The molecule has 4 N–H and O–H groups in total. The van der Waals surface area contributed by atoms with E-state index >= 15 is 0 Å². The SMILES string of the molecule is CN(Cc1ccc2ccccc2c1N)C1=C(c2ccccc2)C=CC(C2CCc3c(c4ccccc4n3-c3ccccc3)C2)C1.NCc1ccc2ccccc2c1. The molecule has 2 aliphatic carbocycles. The van der Waals surface area contributed by atoms with Crippen molar-refractivity contribution in [2.75, 3.05) is 12.8 Å². The molecule has 8 aromatic rings. The highest BCUT2D eigenvalue weighted by Gasteiger charge is 2.32. The van der Waals surface area contributed by atoms with Crippen molar-refractivity contribution in [3.05, 3.63) is 210 Å². The summed E-state index contributed by atoms with van der Waals surface area (Å²) in [6, 6.07) is 58.2. The average molecular weight is 743 g/mol. The molecule has 0 saturated carbocycles. The number of fused-ring (bicyclic) bond motifs is 5. The Labute approximate surface area is 336 Å². The lowest BCUT2D eigenvalue weighted by atomic mass is 9.74. The number of aromatic nitrogens is 1. The summed E-state index contributed by atoms with van der Waals surface area (Å²) in [6.07, 6.45) is 9.35. The Bertz CT molecular complexity index is 2740. The summed E-state index contributed by atoms with van der Waals surface area (Å²) >= 11 is 0. The van der Waals surface area contributed by atoms with Gasteiger partial charge in [-0.25, -0.2) is 0 Å². The molecule has 0 amide bonds. The molecule has 0 aliphatic heterocycles. The molecule has 1 heterocycles. The van der Waals surface area contributed by atoms with Crippen molar-refractivity contribution in [1.82, 2.24) is 9.47 Å². The number of anilines is 1. The quantitative estimate of drug-likeness (QED) is 0.160. The lowest BCUT2D eigenvalue weighted by Crippen LogP contribution is -2.28. The fourth-order valence-electron chi connectivity index (χ4n) is 9.25. The maximum Gasteiger partial charge on any atom is 0.0534 e. The number of nitrogens with zero attached hydrogens (tertiary/aromatic N) is 2. The van der Waals surface area contributed by atoms with Crippen molar-refractivity contribution >= 4 is 43.7 Å². The van der Waals surface area contributed by atoms with Gasteiger partial charge in [-0.15, -0.1) is 0 Å². The molecule has 1 aromatic heterocycles. The van der Waals surface area contributed by atoms with Crippen molar-refractivity contribution in [1.29, 1.82) is 0 Å². The first kappa shape index (κ1) is 36.3. The molecule has 2 unspecified atom stereocenters. The second-order valence-electron chi connectivity index (χ2n) is 15.7. The highest BCUT2D eigenvalue weighted by molar-refractivity contribution is 5.94. The zero-order valence-corrected chi connectivity index (χ0v) is 32.7. The fourth-order valence-corrected chi connectivity index (χ4v) is 9.25. The summed E-state index contributed by atoms with van der Waals surface area (Å²) in [5.41, 5.74) is 25.2. The van der Waals surface area contributed by atoms with Crippen molar-refractivity contribution in [2.24, 2.45) is 17.6 Å². The van der Waals surface area contributed by atoms with Gasteiger partial charge in [-0.3, -0.25) is 0 Å². The van der Waals surface area contributed by atoms with Gasteiger partial charge < -0.3 is 20.9 Å². The van der Waals surface area contributed by atoms with E-state index in [1.807, 2.05) is 12.1 Å². The summed E-state index contributed by atoms with van der Waals surface area (Å²) < 4.78 is 2.51. The van der Waals surface area contributed by atoms with Gasteiger partial charge in [-0.2, -0.15) is 0 Å². The molecule has 7 aromatic carbocycles. The molecule has 0 fully saturated rings. The predicted molar refractivity (Wildman–Crippen MR) is 241 cm³/mol. The van der Waals surface area contributed by atoms with Gasteiger partial charge in [0.15, 0.2) is 0 Å². The van der Waals surface area contributed by atoms with E-state index in [0.717, 1.165) is 36.9 Å². The minimum Gasteiger partial charge on any atom is -0.398 e. The molecule has 2 atom stereocenters. The van der Waals surface area contributed by atoms with Crippen molar-refractivity contribution < 1.29 is 0 Å². The Hall–Kier alpha value is -6.36. The Kier molecular flexibility index (Phi) is 10.2. The maximum absolute atomic E-state index is 6.76. The van der Waals surface area contributed by atoms with Crippen LogP contribution < -0.4 is 11.5 Å². The molecule has 10 rings (SSSR count). The average Bonchev–Trinajstić information content (AvgIpc) is 3.61. The third-order valence-electron chi connectivity index (χ3n) is 12.2. The van der Waals surface area contributed by atoms with Crippen LogP contribution in [0.4, 0.5) is 5.69 Å². The van der Waals surface area contributed by atoms with E-state index in [4.69, 9.17) is 11.5 Å². The van der Waals surface area contributed by atoms with Crippen LogP contribution in [0.2, 0.25) is 0 Å². The molecule has 0 saturated heterocycles. The van der Waals surface area contributed by atoms with Crippen LogP contribution in [0.3, 0.4) is 0 Å². The molecule has 4 heteroatoms. The van der Waals surface area contributed by atoms with Gasteiger partial charge in [0.05, 0.1) is 5.52 Å². The fraction of sp³-hybridized carbons (Fsp3) is 0.170. The lowest BCUT2D eigenvalue weighted by Gasteiger charge is -2.36. The second kappa shape index (κ2) is 16.0. The van der Waals surface area contributed by atoms with Gasteiger partial charge in [0.25, 0.3) is 0 Å². The number of hydrogen-bond acceptors (Lipinski definition) is 3. The van der Waals surface area contributed by atoms with E-state index in [1.54, 1.807) is 0 Å². The van der Waals surface area contributed by atoms with Crippen molar-refractivity contribution in [3.8, 4) is 5.69 Å². The molecular formula is C53H50N4. The summed E-state index contributed by atoms with van der Waals surface area (Å²) in [4.78, 5) is 2.45. The number of rotatable bonds is 7.